The Morgan fingerprint density at radius 3 is 2.20 bits per heavy atom. The van der Waals surface area contributed by atoms with Crippen LogP contribution in [0, 0.1) is 0 Å². The fourth-order valence-electron chi connectivity index (χ4n) is 1.56. The number of anilines is 1. The van der Waals surface area contributed by atoms with Crippen molar-refractivity contribution in [3.05, 3.63) is 40.3 Å². The van der Waals surface area contributed by atoms with Crippen LogP contribution in [0.4, 0.5) is 5.69 Å². The predicted octanol–water partition coefficient (Wildman–Crippen LogP) is -0.307. The number of nitrogen functional groups attached to an aromatic ring is 1. The minimum absolute atomic E-state index is 0.168. The molecule has 0 bridgehead atoms. The van der Waals surface area contributed by atoms with Gasteiger partial charge in [-0.2, -0.15) is 8.42 Å². The molecule has 9 nitrogen and oxygen atoms in total. The third-order valence-electron chi connectivity index (χ3n) is 2.53. The van der Waals surface area contributed by atoms with Gasteiger partial charge in [0.2, 0.25) is 0 Å². The molecule has 106 valence electrons. The summed E-state index contributed by atoms with van der Waals surface area (Å²) in [7, 11) is -4.34. The molecule has 1 aromatic carbocycles. The van der Waals surface area contributed by atoms with E-state index < -0.39 is 33.0 Å². The van der Waals surface area contributed by atoms with Crippen molar-refractivity contribution in [3.8, 4) is 5.69 Å². The van der Waals surface area contributed by atoms with Gasteiger partial charge in [-0.25, -0.2) is 9.48 Å². The lowest BCUT2D eigenvalue weighted by Gasteiger charge is -2.02. The smallest absolute Gasteiger partial charge is 0.356 e. The number of carbonyl (C=O) groups is 1. The van der Waals surface area contributed by atoms with Crippen molar-refractivity contribution in [2.75, 3.05) is 5.73 Å². The summed E-state index contributed by atoms with van der Waals surface area (Å²) in [6.45, 7) is 0. The molecule has 0 saturated heterocycles. The van der Waals surface area contributed by atoms with Gasteiger partial charge in [-0.05, 0) is 24.3 Å². The quantitative estimate of drug-likeness (QED) is 0.566. The highest BCUT2D eigenvalue weighted by molar-refractivity contribution is 7.85. The monoisotopic (exact) mass is 299 g/mol. The third-order valence-corrected chi connectivity index (χ3v) is 3.40. The van der Waals surface area contributed by atoms with E-state index in [9.17, 15) is 18.0 Å². The fraction of sp³-hybridized carbons (Fsp3) is 0. The number of H-pyrrole nitrogens is 1. The van der Waals surface area contributed by atoms with Crippen LogP contribution in [0.1, 0.15) is 10.5 Å². The van der Waals surface area contributed by atoms with Crippen molar-refractivity contribution < 1.29 is 22.9 Å². The second-order valence-corrected chi connectivity index (χ2v) is 5.24. The molecule has 10 heteroatoms. The number of carboxylic acid groups (broad SMARTS) is 1. The Labute approximate surface area is 112 Å². The Bertz CT molecular complexity index is 831. The van der Waals surface area contributed by atoms with Crippen LogP contribution in [0.25, 0.3) is 5.69 Å². The number of nitrogens with two attached hydrogens (primary N) is 1. The van der Waals surface area contributed by atoms with Crippen molar-refractivity contribution in [3.63, 3.8) is 0 Å². The van der Waals surface area contributed by atoms with Gasteiger partial charge in [0.1, 0.15) is 5.69 Å². The highest BCUT2D eigenvalue weighted by atomic mass is 32.2. The zero-order valence-corrected chi connectivity index (χ0v) is 10.6. The first-order chi connectivity index (χ1) is 9.21. The number of nitrogens with zero attached hydrogens (tertiary/aromatic N) is 1. The number of aromatic nitrogens is 2. The van der Waals surface area contributed by atoms with Crippen LogP contribution in [-0.4, -0.2) is 33.8 Å². The summed E-state index contributed by atoms with van der Waals surface area (Å²) in [6, 6.07) is 4.56. The van der Waals surface area contributed by atoms with Crippen molar-refractivity contribution in [1.29, 1.82) is 0 Å². The van der Waals surface area contributed by atoms with Crippen LogP contribution in [0.2, 0.25) is 0 Å². The average molecular weight is 299 g/mol. The molecule has 5 N–H and O–H groups in total. The first kappa shape index (κ1) is 13.8. The van der Waals surface area contributed by atoms with Crippen LogP contribution in [0.5, 0.6) is 0 Å². The van der Waals surface area contributed by atoms with E-state index in [-0.39, 0.29) is 10.6 Å². The van der Waals surface area contributed by atoms with Crippen molar-refractivity contribution in [2.24, 2.45) is 0 Å². The molecule has 0 aliphatic carbocycles. The van der Waals surface area contributed by atoms with Gasteiger partial charge in [0, 0.05) is 0 Å². The van der Waals surface area contributed by atoms with E-state index in [0.29, 0.717) is 0 Å². The Hall–Kier alpha value is -2.59. The number of nitrogens with one attached hydrogen (secondary N) is 1. The van der Waals surface area contributed by atoms with E-state index in [1.165, 1.54) is 12.1 Å². The van der Waals surface area contributed by atoms with E-state index in [1.807, 2.05) is 0 Å². The summed E-state index contributed by atoms with van der Waals surface area (Å²) in [5.74, 6) is -1.40. The number of benzene rings is 1. The highest BCUT2D eigenvalue weighted by Crippen LogP contribution is 2.13. The zero-order chi connectivity index (χ0) is 15.1. The van der Waals surface area contributed by atoms with Gasteiger partial charge in [0.15, 0.2) is 5.69 Å². The number of carboxylic acids is 1. The zero-order valence-electron chi connectivity index (χ0n) is 9.77. The van der Waals surface area contributed by atoms with Crippen LogP contribution in [0.3, 0.4) is 0 Å². The minimum Gasteiger partial charge on any atom is -0.476 e. The van der Waals surface area contributed by atoms with E-state index in [1.54, 1.807) is 0 Å². The number of aromatic amines is 1. The Morgan fingerprint density at radius 1 is 1.25 bits per heavy atom. The summed E-state index contributed by atoms with van der Waals surface area (Å²) in [4.78, 5) is 22.2. The van der Waals surface area contributed by atoms with Gasteiger partial charge in [-0.1, -0.05) is 0 Å². The topological polar surface area (TPSA) is 155 Å². The number of rotatable bonds is 3. The second kappa shape index (κ2) is 4.51. The maximum atomic E-state index is 11.8. The molecule has 1 heterocycles. The van der Waals surface area contributed by atoms with E-state index in [4.69, 9.17) is 15.4 Å². The summed E-state index contributed by atoms with van der Waals surface area (Å²) < 4.78 is 31.4. The summed E-state index contributed by atoms with van der Waals surface area (Å²) >= 11 is 0. The molecule has 0 radical (unpaired) electrons. The van der Waals surface area contributed by atoms with Gasteiger partial charge in [-0.15, -0.1) is 0 Å². The lowest BCUT2D eigenvalue weighted by atomic mass is 10.3. The maximum Gasteiger partial charge on any atom is 0.356 e. The van der Waals surface area contributed by atoms with Crippen molar-refractivity contribution in [2.45, 2.75) is 4.90 Å². The molecule has 0 atom stereocenters. The van der Waals surface area contributed by atoms with E-state index in [2.05, 4.69) is 5.10 Å². The first-order valence-corrected chi connectivity index (χ1v) is 6.57. The summed E-state index contributed by atoms with van der Waals surface area (Å²) in [5, 5.41) is 11.1. The molecule has 0 spiro atoms. The molecule has 0 amide bonds. The van der Waals surface area contributed by atoms with Gasteiger partial charge < -0.3 is 10.8 Å². The number of aromatic carboxylic acids is 1. The largest absolute Gasteiger partial charge is 0.476 e. The summed E-state index contributed by atoms with van der Waals surface area (Å²) in [5.41, 5.74) is 3.83. The van der Waals surface area contributed by atoms with Crippen LogP contribution in [0.15, 0.2) is 34.0 Å². The normalized spacial score (nSPS) is 11.4. The Morgan fingerprint density at radius 2 is 1.80 bits per heavy atom. The maximum absolute atomic E-state index is 11.8. The molecule has 0 saturated carbocycles. The third kappa shape index (κ3) is 2.29. The fourth-order valence-corrected chi connectivity index (χ4v) is 2.04. The molecular weight excluding hydrogens is 290 g/mol. The number of hydrogen-bond donors (Lipinski definition) is 4. The molecule has 0 fully saturated rings. The van der Waals surface area contributed by atoms with Crippen LogP contribution >= 0.6 is 0 Å². The highest BCUT2D eigenvalue weighted by Gasteiger charge is 2.18. The summed E-state index contributed by atoms with van der Waals surface area (Å²) in [6.07, 6.45) is 0. The Kier molecular flexibility index (Phi) is 3.12. The molecular formula is C10H9N3O6S. The van der Waals surface area contributed by atoms with Crippen LogP contribution in [-0.2, 0) is 10.1 Å². The second-order valence-electron chi connectivity index (χ2n) is 3.82. The Balaban J connectivity index is 2.56. The van der Waals surface area contributed by atoms with Gasteiger partial charge in [0.25, 0.3) is 15.7 Å². The molecule has 1 aromatic heterocycles. The first-order valence-electron chi connectivity index (χ1n) is 5.13. The molecule has 2 rings (SSSR count). The van der Waals surface area contributed by atoms with Gasteiger partial charge in [0.05, 0.1) is 10.6 Å². The van der Waals surface area contributed by atoms with Crippen molar-refractivity contribution in [1.82, 2.24) is 9.78 Å². The molecule has 0 unspecified atom stereocenters. The lowest BCUT2D eigenvalue weighted by molar-refractivity contribution is 0.0691. The van der Waals surface area contributed by atoms with Gasteiger partial charge in [-0.3, -0.25) is 14.4 Å². The van der Waals surface area contributed by atoms with Crippen molar-refractivity contribution >= 4 is 21.8 Å². The number of hydrogen-bond acceptors (Lipinski definition) is 5. The molecule has 0 aliphatic rings. The molecule has 20 heavy (non-hydrogen) atoms. The molecule has 0 aliphatic heterocycles. The minimum atomic E-state index is -4.34. The van der Waals surface area contributed by atoms with E-state index in [0.717, 1.165) is 16.8 Å². The predicted molar refractivity (Wildman–Crippen MR) is 67.6 cm³/mol. The SMILES string of the molecule is Nc1c(C(=O)O)[nH]n(-c2ccc(S(=O)(=O)O)cc2)c1=O. The van der Waals surface area contributed by atoms with Gasteiger partial charge >= 0.3 is 5.97 Å². The van der Waals surface area contributed by atoms with Crippen LogP contribution < -0.4 is 11.3 Å². The lowest BCUT2D eigenvalue weighted by Crippen LogP contribution is -2.16. The average Bonchev–Trinajstić information content (AvgIpc) is 2.66. The van der Waals surface area contributed by atoms with E-state index >= 15 is 0 Å². The molecule has 2 aromatic rings. The standard InChI is InChI=1S/C10H9N3O6S/c11-7-8(10(15)16)12-13(9(7)14)5-1-3-6(4-2-5)20(17,18)19/h1-4,12H,11H2,(H,15,16)(H,17,18,19).